The zero-order valence-corrected chi connectivity index (χ0v) is 19.9. The van der Waals surface area contributed by atoms with Gasteiger partial charge in [0.1, 0.15) is 6.29 Å². The van der Waals surface area contributed by atoms with E-state index < -0.39 is 30.3 Å². The lowest BCUT2D eigenvalue weighted by molar-refractivity contribution is -0.123. The standard InChI is InChI=1S/C22H42N4O6/c1-15(2)17(14-27)23-13-11-9-7-5-6-8-10-12-18(25-21(29)30)24-19(16(3)4)20(28)26-22(31)32/h14-19,23-25H,5-13H2,1-4H3,(H,26,28)(H,29,30)(H,31,32)/t17?,18?,19-/m0/s1. The normalized spacial score (nSPS) is 14.1. The van der Waals surface area contributed by atoms with Crippen LogP contribution in [0.4, 0.5) is 9.59 Å². The van der Waals surface area contributed by atoms with Gasteiger partial charge in [0.05, 0.1) is 18.2 Å². The number of hydrogen-bond acceptors (Lipinski definition) is 6. The third-order valence-corrected chi connectivity index (χ3v) is 5.27. The van der Waals surface area contributed by atoms with Gasteiger partial charge in [0, 0.05) is 0 Å². The van der Waals surface area contributed by atoms with Crippen molar-refractivity contribution in [3.8, 4) is 0 Å². The third kappa shape index (κ3) is 14.7. The number of carboxylic acid groups (broad SMARTS) is 2. The van der Waals surface area contributed by atoms with Crippen LogP contribution in [0.5, 0.6) is 0 Å². The van der Waals surface area contributed by atoms with Crippen molar-refractivity contribution in [3.63, 3.8) is 0 Å². The lowest BCUT2D eigenvalue weighted by Crippen LogP contribution is -2.56. The van der Waals surface area contributed by atoms with E-state index in [-0.39, 0.29) is 12.0 Å². The zero-order chi connectivity index (χ0) is 24.5. The molecule has 0 spiro atoms. The predicted octanol–water partition coefficient (Wildman–Crippen LogP) is 2.92. The molecular formula is C22H42N4O6. The topological polar surface area (TPSA) is 157 Å². The largest absolute Gasteiger partial charge is 0.465 e. The van der Waals surface area contributed by atoms with Gasteiger partial charge in [-0.3, -0.25) is 15.4 Å². The molecule has 0 aromatic rings. The Morgan fingerprint density at radius 1 is 0.812 bits per heavy atom. The van der Waals surface area contributed by atoms with E-state index in [1.165, 1.54) is 0 Å². The molecule has 0 saturated heterocycles. The van der Waals surface area contributed by atoms with E-state index in [9.17, 15) is 19.2 Å². The van der Waals surface area contributed by atoms with Crippen LogP contribution in [-0.4, -0.2) is 59.4 Å². The lowest BCUT2D eigenvalue weighted by Gasteiger charge is -2.27. The maximum atomic E-state index is 12.1. The summed E-state index contributed by atoms with van der Waals surface area (Å²) >= 11 is 0. The molecule has 10 heteroatoms. The number of carbonyl (C=O) groups excluding carboxylic acids is 2. The van der Waals surface area contributed by atoms with Gasteiger partial charge in [0.15, 0.2) is 0 Å². The van der Waals surface area contributed by atoms with Gasteiger partial charge < -0.3 is 25.6 Å². The molecule has 0 aliphatic rings. The van der Waals surface area contributed by atoms with Crippen molar-refractivity contribution in [2.75, 3.05) is 6.54 Å². The molecule has 0 bridgehead atoms. The maximum absolute atomic E-state index is 12.1. The van der Waals surface area contributed by atoms with Crippen LogP contribution < -0.4 is 21.3 Å². The summed E-state index contributed by atoms with van der Waals surface area (Å²) in [5.41, 5.74) is 0. The molecule has 6 N–H and O–H groups in total. The number of imide groups is 1. The summed E-state index contributed by atoms with van der Waals surface area (Å²) in [7, 11) is 0. The monoisotopic (exact) mass is 458 g/mol. The van der Waals surface area contributed by atoms with Crippen LogP contribution in [0.2, 0.25) is 0 Å². The van der Waals surface area contributed by atoms with E-state index in [0.29, 0.717) is 12.3 Å². The summed E-state index contributed by atoms with van der Waals surface area (Å²) in [6.45, 7) is 8.39. The first-order valence-electron chi connectivity index (χ1n) is 11.6. The molecule has 0 aromatic carbocycles. The summed E-state index contributed by atoms with van der Waals surface area (Å²) in [6, 6.07) is -0.910. The van der Waals surface area contributed by atoms with Gasteiger partial charge in [0.2, 0.25) is 5.91 Å². The van der Waals surface area contributed by atoms with E-state index in [2.05, 4.69) is 16.0 Å². The Hall–Kier alpha value is -2.20. The molecule has 10 nitrogen and oxygen atoms in total. The molecule has 3 atom stereocenters. The number of unbranched alkanes of at least 4 members (excludes halogenated alkanes) is 6. The second-order valence-electron chi connectivity index (χ2n) is 8.81. The fraction of sp³-hybridized carbons (Fsp3) is 0.818. The summed E-state index contributed by atoms with van der Waals surface area (Å²) < 4.78 is 0. The van der Waals surface area contributed by atoms with E-state index >= 15 is 0 Å². The molecule has 0 aromatic heterocycles. The summed E-state index contributed by atoms with van der Waals surface area (Å²) in [4.78, 5) is 44.9. The SMILES string of the molecule is CC(C)C(C=O)NCCCCCCCCCC(NC(=O)O)N[C@H](C(=O)NC(=O)O)C(C)C. The van der Waals surface area contributed by atoms with E-state index in [1.54, 1.807) is 13.8 Å². The zero-order valence-electron chi connectivity index (χ0n) is 19.9. The molecule has 0 aliphatic heterocycles. The van der Waals surface area contributed by atoms with E-state index in [4.69, 9.17) is 10.2 Å². The van der Waals surface area contributed by atoms with Crippen LogP contribution in [-0.2, 0) is 9.59 Å². The average molecular weight is 459 g/mol. The second-order valence-corrected chi connectivity index (χ2v) is 8.81. The highest BCUT2D eigenvalue weighted by Crippen LogP contribution is 2.11. The quantitative estimate of drug-likeness (QED) is 0.104. The van der Waals surface area contributed by atoms with Gasteiger partial charge in [-0.25, -0.2) is 9.59 Å². The van der Waals surface area contributed by atoms with Crippen LogP contribution in [0.25, 0.3) is 0 Å². The number of rotatable bonds is 18. The maximum Gasteiger partial charge on any atom is 0.411 e. The van der Waals surface area contributed by atoms with Crippen molar-refractivity contribution in [2.24, 2.45) is 11.8 Å². The fourth-order valence-corrected chi connectivity index (χ4v) is 3.38. The summed E-state index contributed by atoms with van der Waals surface area (Å²) in [5, 5.41) is 28.2. The van der Waals surface area contributed by atoms with Crippen molar-refractivity contribution in [1.29, 1.82) is 0 Å². The van der Waals surface area contributed by atoms with Crippen LogP contribution in [0, 0.1) is 11.8 Å². The van der Waals surface area contributed by atoms with Crippen molar-refractivity contribution in [1.82, 2.24) is 21.3 Å². The Kier molecular flexibility index (Phi) is 16.2. The molecule has 0 heterocycles. The Labute approximate surface area is 191 Å². The van der Waals surface area contributed by atoms with Crippen LogP contribution in [0.15, 0.2) is 0 Å². The van der Waals surface area contributed by atoms with E-state index in [0.717, 1.165) is 57.8 Å². The van der Waals surface area contributed by atoms with E-state index in [1.807, 2.05) is 19.2 Å². The molecule has 2 unspecified atom stereocenters. The minimum Gasteiger partial charge on any atom is -0.465 e. The highest BCUT2D eigenvalue weighted by molar-refractivity contribution is 5.94. The minimum absolute atomic E-state index is 0.0820. The van der Waals surface area contributed by atoms with Gasteiger partial charge in [-0.2, -0.15) is 0 Å². The van der Waals surface area contributed by atoms with Gasteiger partial charge in [-0.1, -0.05) is 66.2 Å². The van der Waals surface area contributed by atoms with Gasteiger partial charge in [-0.15, -0.1) is 0 Å². The number of nitrogens with one attached hydrogen (secondary N) is 4. The summed E-state index contributed by atoms with van der Waals surface area (Å²) in [5.74, 6) is -0.625. The first kappa shape index (κ1) is 29.8. The smallest absolute Gasteiger partial charge is 0.411 e. The predicted molar refractivity (Wildman–Crippen MR) is 123 cm³/mol. The number of amides is 3. The molecule has 32 heavy (non-hydrogen) atoms. The Morgan fingerprint density at radius 2 is 1.38 bits per heavy atom. The first-order valence-corrected chi connectivity index (χ1v) is 11.6. The second kappa shape index (κ2) is 17.4. The molecular weight excluding hydrogens is 416 g/mol. The number of hydrogen-bond donors (Lipinski definition) is 6. The van der Waals surface area contributed by atoms with Gasteiger partial charge in [-0.05, 0) is 31.2 Å². The molecule has 0 saturated carbocycles. The Bertz CT molecular complexity index is 571. The minimum atomic E-state index is -1.44. The molecule has 0 aliphatic carbocycles. The molecule has 0 rings (SSSR count). The Morgan fingerprint density at radius 3 is 1.84 bits per heavy atom. The summed E-state index contributed by atoms with van der Waals surface area (Å²) in [6.07, 6.45) is 5.24. The van der Waals surface area contributed by atoms with Crippen molar-refractivity contribution >= 4 is 24.4 Å². The van der Waals surface area contributed by atoms with Crippen molar-refractivity contribution < 1.29 is 29.4 Å². The highest BCUT2D eigenvalue weighted by atomic mass is 16.4. The number of aldehydes is 1. The number of carbonyl (C=O) groups is 4. The molecule has 3 amide bonds. The van der Waals surface area contributed by atoms with Gasteiger partial charge in [0.25, 0.3) is 0 Å². The molecule has 186 valence electrons. The van der Waals surface area contributed by atoms with Crippen molar-refractivity contribution in [2.45, 2.75) is 97.3 Å². The van der Waals surface area contributed by atoms with Crippen LogP contribution in [0.3, 0.4) is 0 Å². The first-order chi connectivity index (χ1) is 15.1. The van der Waals surface area contributed by atoms with Crippen molar-refractivity contribution in [3.05, 3.63) is 0 Å². The third-order valence-electron chi connectivity index (χ3n) is 5.27. The van der Waals surface area contributed by atoms with Crippen LogP contribution in [0.1, 0.15) is 79.1 Å². The highest BCUT2D eigenvalue weighted by Gasteiger charge is 2.27. The fourth-order valence-electron chi connectivity index (χ4n) is 3.38. The molecule has 0 radical (unpaired) electrons. The molecule has 0 fully saturated rings. The van der Waals surface area contributed by atoms with Gasteiger partial charge >= 0.3 is 12.2 Å². The Balaban J connectivity index is 4.19. The lowest BCUT2D eigenvalue weighted by atomic mass is 10.0. The average Bonchev–Trinajstić information content (AvgIpc) is 2.68. The van der Waals surface area contributed by atoms with Crippen LogP contribution >= 0.6 is 0 Å².